The Balaban J connectivity index is 2.46. The van der Waals surface area contributed by atoms with E-state index in [2.05, 4.69) is 10.6 Å². The minimum Gasteiger partial charge on any atom is -0.466 e. The highest BCUT2D eigenvalue weighted by Gasteiger charge is 2.29. The number of benzene rings is 1. The molecule has 9 heteroatoms. The number of halogens is 3. The molecule has 0 aliphatic heterocycles. The van der Waals surface area contributed by atoms with E-state index < -0.39 is 23.6 Å². The van der Waals surface area contributed by atoms with Crippen molar-refractivity contribution < 1.29 is 27.5 Å². The van der Waals surface area contributed by atoms with Crippen LogP contribution in [-0.2, 0) is 9.53 Å². The van der Waals surface area contributed by atoms with Crippen molar-refractivity contribution in [1.29, 1.82) is 0 Å². The van der Waals surface area contributed by atoms with E-state index in [1.807, 2.05) is 0 Å². The van der Waals surface area contributed by atoms with E-state index in [0.717, 1.165) is 0 Å². The van der Waals surface area contributed by atoms with Gasteiger partial charge in [0.25, 0.3) is 0 Å². The number of hydrogen-bond acceptors (Lipinski definition) is 4. The molecule has 0 spiro atoms. The number of urea groups is 1. The molecule has 0 saturated heterocycles. The van der Waals surface area contributed by atoms with Gasteiger partial charge >= 0.3 is 17.5 Å². The third kappa shape index (κ3) is 8.34. The molecule has 128 valence electrons. The summed E-state index contributed by atoms with van der Waals surface area (Å²) < 4.78 is 41.4. The minimum atomic E-state index is -4.35. The van der Waals surface area contributed by atoms with E-state index >= 15 is 0 Å². The van der Waals surface area contributed by atoms with Crippen molar-refractivity contribution in [1.82, 2.24) is 5.32 Å². The van der Waals surface area contributed by atoms with Crippen LogP contribution in [0.4, 0.5) is 23.7 Å². The highest BCUT2D eigenvalue weighted by molar-refractivity contribution is 8.00. The number of anilines is 1. The van der Waals surface area contributed by atoms with Gasteiger partial charge in [-0.1, -0.05) is 0 Å². The Morgan fingerprint density at radius 1 is 1.26 bits per heavy atom. The second-order valence-corrected chi connectivity index (χ2v) is 5.72. The molecule has 1 atom stereocenters. The van der Waals surface area contributed by atoms with Crippen LogP contribution in [-0.4, -0.2) is 30.2 Å². The fourth-order valence-corrected chi connectivity index (χ4v) is 2.19. The molecule has 23 heavy (non-hydrogen) atoms. The Hall–Kier alpha value is -1.90. The second kappa shape index (κ2) is 8.66. The molecule has 2 amide bonds. The third-order valence-corrected chi connectivity index (χ3v) is 3.24. The largest absolute Gasteiger partial charge is 0.466 e. The molecule has 0 aliphatic rings. The van der Waals surface area contributed by atoms with Gasteiger partial charge in [-0.2, -0.15) is 13.2 Å². The number of ether oxygens (including phenoxy) is 1. The van der Waals surface area contributed by atoms with Crippen LogP contribution in [0.25, 0.3) is 0 Å². The maximum Gasteiger partial charge on any atom is 0.446 e. The van der Waals surface area contributed by atoms with Crippen molar-refractivity contribution >= 4 is 29.4 Å². The van der Waals surface area contributed by atoms with Crippen LogP contribution in [0.2, 0.25) is 0 Å². The first-order valence-electron chi connectivity index (χ1n) is 6.78. The molecule has 1 rings (SSSR count). The number of rotatable bonds is 6. The normalized spacial score (nSPS) is 12.4. The predicted octanol–water partition coefficient (Wildman–Crippen LogP) is 3.76. The van der Waals surface area contributed by atoms with E-state index in [-0.39, 0.29) is 29.7 Å². The summed E-state index contributed by atoms with van der Waals surface area (Å²) in [5.74, 6) is -0.422. The predicted molar refractivity (Wildman–Crippen MR) is 81.2 cm³/mol. The van der Waals surface area contributed by atoms with Crippen LogP contribution in [0.3, 0.4) is 0 Å². The van der Waals surface area contributed by atoms with Gasteiger partial charge in [-0.25, -0.2) is 4.79 Å². The molecule has 0 aromatic heterocycles. The topological polar surface area (TPSA) is 67.4 Å². The van der Waals surface area contributed by atoms with Gasteiger partial charge in [0, 0.05) is 16.6 Å². The number of alkyl halides is 3. The molecule has 1 aromatic rings. The summed E-state index contributed by atoms with van der Waals surface area (Å²) in [6, 6.07) is 4.26. The fourth-order valence-electron chi connectivity index (χ4n) is 1.65. The van der Waals surface area contributed by atoms with Crippen molar-refractivity contribution in [3.63, 3.8) is 0 Å². The molecule has 0 fully saturated rings. The van der Waals surface area contributed by atoms with Gasteiger partial charge in [0.2, 0.25) is 0 Å². The summed E-state index contributed by atoms with van der Waals surface area (Å²) in [5.41, 5.74) is -4.01. The second-order valence-electron chi connectivity index (χ2n) is 4.58. The highest BCUT2D eigenvalue weighted by atomic mass is 32.2. The molecule has 1 aromatic carbocycles. The Morgan fingerprint density at radius 2 is 1.87 bits per heavy atom. The molecule has 0 aliphatic carbocycles. The van der Waals surface area contributed by atoms with Crippen LogP contribution in [0.1, 0.15) is 20.3 Å². The maximum atomic E-state index is 12.2. The highest BCUT2D eigenvalue weighted by Crippen LogP contribution is 2.36. The van der Waals surface area contributed by atoms with Crippen LogP contribution in [0.15, 0.2) is 29.2 Å². The Morgan fingerprint density at radius 3 is 2.39 bits per heavy atom. The fraction of sp³-hybridized carbons (Fsp3) is 0.429. The molecule has 0 heterocycles. The molecular weight excluding hydrogens is 333 g/mol. The molecule has 0 saturated carbocycles. The zero-order valence-corrected chi connectivity index (χ0v) is 13.4. The van der Waals surface area contributed by atoms with Gasteiger partial charge in [-0.3, -0.25) is 4.79 Å². The van der Waals surface area contributed by atoms with Crippen LogP contribution in [0, 0.1) is 0 Å². The van der Waals surface area contributed by atoms with Gasteiger partial charge in [0.05, 0.1) is 13.0 Å². The van der Waals surface area contributed by atoms with Crippen LogP contribution in [0.5, 0.6) is 0 Å². The van der Waals surface area contributed by atoms with Crippen molar-refractivity contribution in [2.75, 3.05) is 11.9 Å². The number of thioether (sulfide) groups is 1. The molecular formula is C14H17F3N2O3S. The summed E-state index contributed by atoms with van der Waals surface area (Å²) in [6.45, 7) is 3.59. The van der Waals surface area contributed by atoms with E-state index in [9.17, 15) is 22.8 Å². The number of nitrogens with one attached hydrogen (secondary N) is 2. The number of esters is 1. The lowest BCUT2D eigenvalue weighted by Crippen LogP contribution is -2.37. The lowest BCUT2D eigenvalue weighted by atomic mass is 10.2. The minimum absolute atomic E-state index is 0.0270. The van der Waals surface area contributed by atoms with Gasteiger partial charge in [0.15, 0.2) is 0 Å². The molecule has 0 radical (unpaired) electrons. The summed E-state index contributed by atoms with van der Waals surface area (Å²) >= 11 is -0.229. The zero-order chi connectivity index (χ0) is 17.5. The first kappa shape index (κ1) is 19.1. The number of hydrogen-bond donors (Lipinski definition) is 2. The summed E-state index contributed by atoms with van der Waals surface area (Å²) in [7, 11) is 0. The lowest BCUT2D eigenvalue weighted by Gasteiger charge is -2.14. The first-order chi connectivity index (χ1) is 10.7. The summed E-state index contributed by atoms with van der Waals surface area (Å²) in [5, 5.41) is 5.01. The first-order valence-corrected chi connectivity index (χ1v) is 7.60. The summed E-state index contributed by atoms with van der Waals surface area (Å²) in [4.78, 5) is 23.0. The number of amides is 2. The van der Waals surface area contributed by atoms with E-state index in [4.69, 9.17) is 4.74 Å². The smallest absolute Gasteiger partial charge is 0.446 e. The van der Waals surface area contributed by atoms with Crippen molar-refractivity contribution in [3.05, 3.63) is 24.3 Å². The van der Waals surface area contributed by atoms with Crippen LogP contribution >= 0.6 is 11.8 Å². The van der Waals surface area contributed by atoms with E-state index in [1.165, 1.54) is 24.3 Å². The number of carbonyl (C=O) groups excluding carboxylic acids is 2. The Kier molecular flexibility index (Phi) is 7.21. The molecule has 0 bridgehead atoms. The lowest BCUT2D eigenvalue weighted by molar-refractivity contribution is -0.143. The standard InChI is InChI=1S/C14H17F3N2O3S/c1-3-22-12(20)8-9(2)18-13(21)19-10-4-6-11(7-5-10)23-14(15,16)17/h4-7,9H,3,8H2,1-2H3,(H2,18,19,21). The van der Waals surface area contributed by atoms with Gasteiger partial charge in [-0.05, 0) is 49.9 Å². The van der Waals surface area contributed by atoms with Gasteiger partial charge < -0.3 is 15.4 Å². The summed E-state index contributed by atoms with van der Waals surface area (Å²) in [6.07, 6.45) is 0.0302. The monoisotopic (exact) mass is 350 g/mol. The quantitative estimate of drug-likeness (QED) is 0.605. The maximum absolute atomic E-state index is 12.2. The van der Waals surface area contributed by atoms with Crippen molar-refractivity contribution in [2.45, 2.75) is 36.7 Å². The van der Waals surface area contributed by atoms with Crippen molar-refractivity contribution in [3.8, 4) is 0 Å². The molecule has 1 unspecified atom stereocenters. The molecule has 5 nitrogen and oxygen atoms in total. The van der Waals surface area contributed by atoms with Gasteiger partial charge in [0.1, 0.15) is 0 Å². The zero-order valence-electron chi connectivity index (χ0n) is 12.6. The van der Waals surface area contributed by atoms with Gasteiger partial charge in [-0.15, -0.1) is 0 Å². The van der Waals surface area contributed by atoms with Crippen LogP contribution < -0.4 is 10.6 Å². The molecule has 2 N–H and O–H groups in total. The van der Waals surface area contributed by atoms with E-state index in [0.29, 0.717) is 5.69 Å². The average Bonchev–Trinajstić information content (AvgIpc) is 2.39. The SMILES string of the molecule is CCOC(=O)CC(C)NC(=O)Nc1ccc(SC(F)(F)F)cc1. The average molecular weight is 350 g/mol. The van der Waals surface area contributed by atoms with Crippen molar-refractivity contribution in [2.24, 2.45) is 0 Å². The third-order valence-electron chi connectivity index (χ3n) is 2.50. The number of carbonyl (C=O) groups is 2. The Labute approximate surface area is 136 Å². The van der Waals surface area contributed by atoms with E-state index in [1.54, 1.807) is 13.8 Å². The Bertz CT molecular complexity index is 535.